The lowest BCUT2D eigenvalue weighted by atomic mass is 10.1. The number of ether oxygens (including phenoxy) is 3. The molecule has 0 atom stereocenters. The molecule has 0 bridgehead atoms. The van der Waals surface area contributed by atoms with Crippen molar-refractivity contribution in [2.45, 2.75) is 20.3 Å². The summed E-state index contributed by atoms with van der Waals surface area (Å²) in [7, 11) is 1.44. The summed E-state index contributed by atoms with van der Waals surface area (Å²) in [5, 5.41) is 10.8. The number of benzene rings is 2. The molecule has 0 aliphatic heterocycles. The smallest absolute Gasteiger partial charge is 0.338 e. The van der Waals surface area contributed by atoms with Gasteiger partial charge in [0.25, 0.3) is 17.5 Å². The summed E-state index contributed by atoms with van der Waals surface area (Å²) in [6.07, 6.45) is 0.861. The number of amides is 2. The normalized spacial score (nSPS) is 10.3. The largest absolute Gasteiger partial charge is 0.493 e. The second kappa shape index (κ2) is 12.0. The van der Waals surface area contributed by atoms with Crippen molar-refractivity contribution in [2.75, 3.05) is 20.3 Å². The van der Waals surface area contributed by atoms with E-state index in [2.05, 4.69) is 24.7 Å². The Kier molecular flexibility index (Phi) is 9.16. The minimum atomic E-state index is -0.803. The Bertz CT molecular complexity index is 1020. The first-order valence-corrected chi connectivity index (χ1v) is 10.0. The van der Waals surface area contributed by atoms with E-state index < -0.39 is 29.3 Å². The van der Waals surface area contributed by atoms with Gasteiger partial charge in [0.05, 0.1) is 24.2 Å². The zero-order valence-electron chi connectivity index (χ0n) is 18.5. The first-order chi connectivity index (χ1) is 15.7. The van der Waals surface area contributed by atoms with E-state index in [1.807, 2.05) is 0 Å². The van der Waals surface area contributed by atoms with Gasteiger partial charge in [-0.1, -0.05) is 19.9 Å². The first kappa shape index (κ1) is 25.1. The highest BCUT2D eigenvalue weighted by molar-refractivity contribution is 5.96. The summed E-state index contributed by atoms with van der Waals surface area (Å²) in [6.45, 7) is 3.99. The Morgan fingerprint density at radius 2 is 1.79 bits per heavy atom. The number of non-ortho nitro benzene ring substituents is 1. The van der Waals surface area contributed by atoms with Crippen molar-refractivity contribution in [1.82, 2.24) is 10.9 Å². The third-order valence-electron chi connectivity index (χ3n) is 4.32. The lowest BCUT2D eigenvalue weighted by molar-refractivity contribution is -0.384. The molecule has 0 spiro atoms. The fourth-order valence-electron chi connectivity index (χ4n) is 2.53. The van der Waals surface area contributed by atoms with Crippen LogP contribution >= 0.6 is 0 Å². The molecule has 2 rings (SSSR count). The number of hydrogen-bond acceptors (Lipinski definition) is 8. The number of methoxy groups -OCH3 is 1. The van der Waals surface area contributed by atoms with E-state index in [1.54, 1.807) is 6.07 Å². The number of rotatable bonds is 10. The summed E-state index contributed by atoms with van der Waals surface area (Å²) >= 11 is 0. The van der Waals surface area contributed by atoms with Gasteiger partial charge in [-0.05, 0) is 36.6 Å². The van der Waals surface area contributed by atoms with Crippen LogP contribution in [-0.2, 0) is 9.53 Å². The van der Waals surface area contributed by atoms with Gasteiger partial charge in [-0.15, -0.1) is 0 Å². The first-order valence-electron chi connectivity index (χ1n) is 10.0. The monoisotopic (exact) mass is 459 g/mol. The third-order valence-corrected chi connectivity index (χ3v) is 4.32. The molecule has 0 saturated carbocycles. The lowest BCUT2D eigenvalue weighted by Crippen LogP contribution is -2.43. The second-order valence-corrected chi connectivity index (χ2v) is 7.28. The molecule has 0 aliphatic rings. The molecule has 11 nitrogen and oxygen atoms in total. The van der Waals surface area contributed by atoms with E-state index in [1.165, 1.54) is 37.4 Å². The molecule has 0 heterocycles. The Hall–Kier alpha value is -4.15. The summed E-state index contributed by atoms with van der Waals surface area (Å²) < 4.78 is 15.9. The van der Waals surface area contributed by atoms with Crippen LogP contribution in [-0.4, -0.2) is 43.0 Å². The molecule has 2 aromatic carbocycles. The summed E-state index contributed by atoms with van der Waals surface area (Å²) in [5.41, 5.74) is 4.02. The number of carbonyl (C=O) groups excluding carboxylic acids is 3. The van der Waals surface area contributed by atoms with Crippen molar-refractivity contribution in [2.24, 2.45) is 5.92 Å². The van der Waals surface area contributed by atoms with Gasteiger partial charge >= 0.3 is 5.97 Å². The highest BCUT2D eigenvalue weighted by Crippen LogP contribution is 2.28. The quantitative estimate of drug-likeness (QED) is 0.313. The van der Waals surface area contributed by atoms with Crippen molar-refractivity contribution < 1.29 is 33.5 Å². The van der Waals surface area contributed by atoms with Crippen LogP contribution in [0.3, 0.4) is 0 Å². The van der Waals surface area contributed by atoms with Crippen LogP contribution in [0.1, 0.15) is 41.0 Å². The van der Waals surface area contributed by atoms with Crippen LogP contribution in [0.2, 0.25) is 0 Å². The maximum Gasteiger partial charge on any atom is 0.338 e. The standard InChI is InChI=1S/C22H25N3O8/c1-14(2)9-10-32-18-8-7-16(12-19(18)31-3)22(28)33-13-20(26)23-24-21(27)15-5-4-6-17(11-15)25(29)30/h4-8,11-12,14H,9-10,13H2,1-3H3,(H,23,26)(H,24,27). The van der Waals surface area contributed by atoms with Crippen LogP contribution in [0.15, 0.2) is 42.5 Å². The number of nitro groups is 1. The molecule has 0 aromatic heterocycles. The number of hydrogen-bond donors (Lipinski definition) is 2. The van der Waals surface area contributed by atoms with Crippen molar-refractivity contribution in [1.29, 1.82) is 0 Å². The third kappa shape index (κ3) is 7.80. The number of nitrogens with one attached hydrogen (secondary N) is 2. The van der Waals surface area contributed by atoms with Crippen molar-refractivity contribution in [3.63, 3.8) is 0 Å². The molecule has 2 N–H and O–H groups in total. The van der Waals surface area contributed by atoms with Crippen LogP contribution in [0.25, 0.3) is 0 Å². The van der Waals surface area contributed by atoms with Gasteiger partial charge in [-0.2, -0.15) is 0 Å². The van der Waals surface area contributed by atoms with Gasteiger partial charge in [-0.25, -0.2) is 4.79 Å². The van der Waals surface area contributed by atoms with Crippen molar-refractivity contribution in [3.05, 3.63) is 63.7 Å². The average molecular weight is 459 g/mol. The Morgan fingerprint density at radius 1 is 1.03 bits per heavy atom. The fourth-order valence-corrected chi connectivity index (χ4v) is 2.53. The predicted octanol–water partition coefficient (Wildman–Crippen LogP) is 2.65. The Morgan fingerprint density at radius 3 is 2.45 bits per heavy atom. The van der Waals surface area contributed by atoms with Crippen molar-refractivity contribution >= 4 is 23.5 Å². The lowest BCUT2D eigenvalue weighted by Gasteiger charge is -2.13. The molecular formula is C22H25N3O8. The number of carbonyl (C=O) groups is 3. The van der Waals surface area contributed by atoms with E-state index in [-0.39, 0.29) is 16.8 Å². The van der Waals surface area contributed by atoms with Crippen LogP contribution in [0.4, 0.5) is 5.69 Å². The average Bonchev–Trinajstić information content (AvgIpc) is 2.80. The Balaban J connectivity index is 1.85. The minimum Gasteiger partial charge on any atom is -0.493 e. The van der Waals surface area contributed by atoms with Gasteiger partial charge in [0.1, 0.15) is 0 Å². The van der Waals surface area contributed by atoms with E-state index in [4.69, 9.17) is 14.2 Å². The summed E-state index contributed by atoms with van der Waals surface area (Å²) in [6, 6.07) is 9.48. The molecule has 0 aliphatic carbocycles. The summed E-state index contributed by atoms with van der Waals surface area (Å²) in [5.74, 6) is -1.04. The molecular weight excluding hydrogens is 434 g/mol. The van der Waals surface area contributed by atoms with Crippen LogP contribution in [0.5, 0.6) is 11.5 Å². The highest BCUT2D eigenvalue weighted by atomic mass is 16.6. The van der Waals surface area contributed by atoms with Gasteiger partial charge in [0.15, 0.2) is 18.1 Å². The molecule has 33 heavy (non-hydrogen) atoms. The number of esters is 1. The van der Waals surface area contributed by atoms with Gasteiger partial charge in [0, 0.05) is 17.7 Å². The number of hydrazine groups is 1. The van der Waals surface area contributed by atoms with E-state index in [0.717, 1.165) is 12.5 Å². The fraction of sp³-hybridized carbons (Fsp3) is 0.318. The molecule has 2 aromatic rings. The SMILES string of the molecule is COc1cc(C(=O)OCC(=O)NNC(=O)c2cccc([N+](=O)[O-])c2)ccc1OCCC(C)C. The molecule has 0 fully saturated rings. The van der Waals surface area contributed by atoms with Crippen molar-refractivity contribution in [3.8, 4) is 11.5 Å². The number of nitro benzene ring substituents is 1. The Labute approximate surface area is 190 Å². The maximum atomic E-state index is 12.2. The second-order valence-electron chi connectivity index (χ2n) is 7.28. The minimum absolute atomic E-state index is 0.0238. The molecule has 0 saturated heterocycles. The van der Waals surface area contributed by atoms with Crippen LogP contribution in [0, 0.1) is 16.0 Å². The zero-order valence-corrected chi connectivity index (χ0v) is 18.5. The van der Waals surface area contributed by atoms with E-state index in [0.29, 0.717) is 24.0 Å². The van der Waals surface area contributed by atoms with Gasteiger partial charge < -0.3 is 14.2 Å². The highest BCUT2D eigenvalue weighted by Gasteiger charge is 2.16. The molecule has 0 radical (unpaired) electrons. The number of nitrogens with zero attached hydrogens (tertiary/aromatic N) is 1. The molecule has 11 heteroatoms. The molecule has 0 unspecified atom stereocenters. The maximum absolute atomic E-state index is 12.2. The van der Waals surface area contributed by atoms with Gasteiger partial charge in [0.2, 0.25) is 0 Å². The van der Waals surface area contributed by atoms with E-state index in [9.17, 15) is 24.5 Å². The topological polar surface area (TPSA) is 146 Å². The zero-order chi connectivity index (χ0) is 24.4. The predicted molar refractivity (Wildman–Crippen MR) is 117 cm³/mol. The molecule has 176 valence electrons. The van der Waals surface area contributed by atoms with E-state index >= 15 is 0 Å². The molecule has 2 amide bonds. The summed E-state index contributed by atoms with van der Waals surface area (Å²) in [4.78, 5) is 46.3. The van der Waals surface area contributed by atoms with Crippen LogP contribution < -0.4 is 20.3 Å². The van der Waals surface area contributed by atoms with Gasteiger partial charge in [-0.3, -0.25) is 30.6 Å².